The number of carbonyl (C=O) groups is 1. The van der Waals surface area contributed by atoms with Crippen LogP contribution in [0.5, 0.6) is 0 Å². The van der Waals surface area contributed by atoms with Gasteiger partial charge in [0.25, 0.3) is 5.91 Å². The highest BCUT2D eigenvalue weighted by Gasteiger charge is 2.26. The van der Waals surface area contributed by atoms with Crippen LogP contribution in [0.15, 0.2) is 48.8 Å². The maximum atomic E-state index is 13.1. The molecule has 1 fully saturated rings. The topological polar surface area (TPSA) is 78.1 Å². The highest BCUT2D eigenvalue weighted by Crippen LogP contribution is 2.21. The van der Waals surface area contributed by atoms with Crippen molar-refractivity contribution < 1.29 is 4.79 Å². The van der Waals surface area contributed by atoms with E-state index < -0.39 is 0 Å². The first-order valence-electron chi connectivity index (χ1n) is 9.60. The molecule has 0 N–H and O–H groups in total. The van der Waals surface area contributed by atoms with Crippen LogP contribution >= 0.6 is 0 Å². The van der Waals surface area contributed by atoms with Crippen LogP contribution in [0.4, 0.5) is 5.82 Å². The first-order valence-corrected chi connectivity index (χ1v) is 9.60. The zero-order valence-corrected chi connectivity index (χ0v) is 16.5. The molecule has 0 aliphatic carbocycles. The summed E-state index contributed by atoms with van der Waals surface area (Å²) in [7, 11) is 0. The summed E-state index contributed by atoms with van der Waals surface area (Å²) in [4.78, 5) is 21.4. The lowest BCUT2D eigenvalue weighted by Crippen LogP contribution is -2.49. The third-order valence-electron chi connectivity index (χ3n) is 5.36. The van der Waals surface area contributed by atoms with Crippen molar-refractivity contribution in [3.63, 3.8) is 0 Å². The maximum Gasteiger partial charge on any atom is 0.257 e. The summed E-state index contributed by atoms with van der Waals surface area (Å²) in [6.07, 6.45) is 3.35. The van der Waals surface area contributed by atoms with Gasteiger partial charge in [-0.15, -0.1) is 0 Å². The van der Waals surface area contributed by atoms with Crippen LogP contribution < -0.4 is 4.90 Å². The van der Waals surface area contributed by atoms with Crippen molar-refractivity contribution in [2.24, 2.45) is 0 Å². The number of pyridine rings is 1. The van der Waals surface area contributed by atoms with Gasteiger partial charge in [0.15, 0.2) is 0 Å². The third kappa shape index (κ3) is 3.45. The second-order valence-electron chi connectivity index (χ2n) is 7.11. The van der Waals surface area contributed by atoms with Crippen LogP contribution in [0.25, 0.3) is 5.69 Å². The Morgan fingerprint density at radius 3 is 2.55 bits per heavy atom. The van der Waals surface area contributed by atoms with E-state index in [0.717, 1.165) is 16.9 Å². The summed E-state index contributed by atoms with van der Waals surface area (Å²) >= 11 is 0. The molecule has 0 saturated carbocycles. The molecule has 0 spiro atoms. The van der Waals surface area contributed by atoms with Gasteiger partial charge in [-0.3, -0.25) is 4.79 Å². The molecule has 7 heteroatoms. The molecule has 3 heterocycles. The Morgan fingerprint density at radius 2 is 1.83 bits per heavy atom. The molecular formula is C22H22N6O. The number of carbonyl (C=O) groups excluding carboxylic acids is 1. The summed E-state index contributed by atoms with van der Waals surface area (Å²) in [6.45, 7) is 6.40. The minimum absolute atomic E-state index is 0.0106. The van der Waals surface area contributed by atoms with Crippen molar-refractivity contribution in [3.05, 3.63) is 71.2 Å². The molecule has 1 amide bonds. The van der Waals surface area contributed by atoms with Crippen LogP contribution in [-0.2, 0) is 0 Å². The molecule has 2 aromatic heterocycles. The molecule has 4 rings (SSSR count). The van der Waals surface area contributed by atoms with Gasteiger partial charge in [0.1, 0.15) is 11.9 Å². The van der Waals surface area contributed by atoms with E-state index in [2.05, 4.69) is 21.1 Å². The van der Waals surface area contributed by atoms with Crippen LogP contribution in [-0.4, -0.2) is 51.8 Å². The van der Waals surface area contributed by atoms with Crippen molar-refractivity contribution in [1.82, 2.24) is 19.7 Å². The van der Waals surface area contributed by atoms with Crippen molar-refractivity contribution in [2.45, 2.75) is 13.8 Å². The Labute approximate surface area is 169 Å². The largest absolute Gasteiger partial charge is 0.352 e. The van der Waals surface area contributed by atoms with Gasteiger partial charge < -0.3 is 9.80 Å². The molecule has 7 nitrogen and oxygen atoms in total. The van der Waals surface area contributed by atoms with E-state index in [1.165, 1.54) is 0 Å². The molecule has 0 bridgehead atoms. The number of aromatic nitrogens is 3. The predicted octanol–water partition coefficient (Wildman–Crippen LogP) is 2.72. The summed E-state index contributed by atoms with van der Waals surface area (Å²) < 4.78 is 1.83. The van der Waals surface area contributed by atoms with Gasteiger partial charge in [-0.25, -0.2) is 9.67 Å². The normalized spacial score (nSPS) is 14.0. The van der Waals surface area contributed by atoms with Gasteiger partial charge >= 0.3 is 0 Å². The minimum Gasteiger partial charge on any atom is -0.352 e. The lowest BCUT2D eigenvalue weighted by atomic mass is 10.1. The Morgan fingerprint density at radius 1 is 1.07 bits per heavy atom. The highest BCUT2D eigenvalue weighted by molar-refractivity contribution is 5.95. The number of piperazine rings is 1. The van der Waals surface area contributed by atoms with Crippen molar-refractivity contribution in [3.8, 4) is 11.8 Å². The number of rotatable bonds is 3. The Kier molecular flexibility index (Phi) is 5.00. The first-order chi connectivity index (χ1) is 14.1. The fraction of sp³-hybridized carbons (Fsp3) is 0.273. The zero-order valence-electron chi connectivity index (χ0n) is 16.5. The Balaban J connectivity index is 1.50. The lowest BCUT2D eigenvalue weighted by Gasteiger charge is -2.35. The fourth-order valence-corrected chi connectivity index (χ4v) is 3.69. The zero-order chi connectivity index (χ0) is 20.4. The number of para-hydroxylation sites is 1. The standard InChI is InChI=1S/C22H22N6O/c1-16-6-3-4-8-20(16)28-17(2)19(15-25-28)22(29)27-12-10-26(11-13-27)21-18(14-23)7-5-9-24-21/h3-9,15H,10-13H2,1-2H3. The Bertz CT molecular complexity index is 1090. The average Bonchev–Trinajstić information content (AvgIpc) is 3.14. The molecule has 0 radical (unpaired) electrons. The molecule has 1 saturated heterocycles. The van der Waals surface area contributed by atoms with Gasteiger partial charge in [0.2, 0.25) is 0 Å². The van der Waals surface area contributed by atoms with E-state index in [4.69, 9.17) is 0 Å². The summed E-state index contributed by atoms with van der Waals surface area (Å²) in [6, 6.07) is 13.7. The first kappa shape index (κ1) is 18.7. The van der Waals surface area contributed by atoms with E-state index in [-0.39, 0.29) is 5.91 Å². The monoisotopic (exact) mass is 386 g/mol. The van der Waals surface area contributed by atoms with E-state index >= 15 is 0 Å². The molecule has 29 heavy (non-hydrogen) atoms. The van der Waals surface area contributed by atoms with Gasteiger partial charge in [-0.2, -0.15) is 10.4 Å². The SMILES string of the molecule is Cc1ccccc1-n1ncc(C(=O)N2CCN(c3ncccc3C#N)CC2)c1C. The van der Waals surface area contributed by atoms with Gasteiger partial charge in [-0.1, -0.05) is 18.2 Å². The lowest BCUT2D eigenvalue weighted by molar-refractivity contribution is 0.0745. The second kappa shape index (κ2) is 7.76. The number of hydrogen-bond acceptors (Lipinski definition) is 5. The van der Waals surface area contributed by atoms with Gasteiger partial charge in [0.05, 0.1) is 28.7 Å². The number of nitriles is 1. The molecule has 1 aromatic carbocycles. The minimum atomic E-state index is -0.0106. The average molecular weight is 386 g/mol. The van der Waals surface area contributed by atoms with E-state index in [1.54, 1.807) is 24.5 Å². The van der Waals surface area contributed by atoms with E-state index in [9.17, 15) is 10.1 Å². The molecule has 146 valence electrons. The molecule has 0 atom stereocenters. The van der Waals surface area contributed by atoms with Crippen LogP contribution in [0.1, 0.15) is 27.2 Å². The van der Waals surface area contributed by atoms with Crippen molar-refractivity contribution in [2.75, 3.05) is 31.1 Å². The smallest absolute Gasteiger partial charge is 0.257 e. The fourth-order valence-electron chi connectivity index (χ4n) is 3.69. The van der Waals surface area contributed by atoms with Gasteiger partial charge in [-0.05, 0) is 37.6 Å². The van der Waals surface area contributed by atoms with Crippen molar-refractivity contribution in [1.29, 1.82) is 5.26 Å². The van der Waals surface area contributed by atoms with E-state index in [0.29, 0.717) is 43.1 Å². The van der Waals surface area contributed by atoms with Gasteiger partial charge in [0, 0.05) is 32.4 Å². The molecule has 1 aliphatic heterocycles. The number of anilines is 1. The van der Waals surface area contributed by atoms with Crippen LogP contribution in [0.2, 0.25) is 0 Å². The Hall–Kier alpha value is -3.66. The maximum absolute atomic E-state index is 13.1. The summed E-state index contributed by atoms with van der Waals surface area (Å²) in [5.41, 5.74) is 4.10. The molecular weight excluding hydrogens is 364 g/mol. The third-order valence-corrected chi connectivity index (χ3v) is 5.36. The second-order valence-corrected chi connectivity index (χ2v) is 7.11. The number of benzene rings is 1. The van der Waals surface area contributed by atoms with Crippen LogP contribution in [0, 0.1) is 25.2 Å². The van der Waals surface area contributed by atoms with Crippen molar-refractivity contribution >= 4 is 11.7 Å². The molecule has 1 aliphatic rings. The highest BCUT2D eigenvalue weighted by atomic mass is 16.2. The number of amides is 1. The summed E-state index contributed by atoms with van der Waals surface area (Å²) in [5.74, 6) is 0.675. The molecule has 0 unspecified atom stereocenters. The molecule has 3 aromatic rings. The predicted molar refractivity (Wildman–Crippen MR) is 110 cm³/mol. The summed E-state index contributed by atoms with van der Waals surface area (Å²) in [5, 5.41) is 13.8. The quantitative estimate of drug-likeness (QED) is 0.692. The number of nitrogens with zero attached hydrogens (tertiary/aromatic N) is 6. The number of aryl methyl sites for hydroxylation is 1. The number of hydrogen-bond donors (Lipinski definition) is 0. The van der Waals surface area contributed by atoms with E-state index in [1.807, 2.05) is 47.7 Å². The van der Waals surface area contributed by atoms with Crippen LogP contribution in [0.3, 0.4) is 0 Å².